The van der Waals surface area contributed by atoms with Gasteiger partial charge in [0.1, 0.15) is 0 Å². The highest BCUT2D eigenvalue weighted by Crippen LogP contribution is 2.29. The Bertz CT molecular complexity index is 1190. The van der Waals surface area contributed by atoms with Crippen molar-refractivity contribution in [2.45, 2.75) is 6.92 Å². The predicted octanol–water partition coefficient (Wildman–Crippen LogP) is 4.02. The molecule has 0 unspecified atom stereocenters. The van der Waals surface area contributed by atoms with Crippen molar-refractivity contribution in [3.05, 3.63) is 71.4 Å². The zero-order valence-electron chi connectivity index (χ0n) is 16.7. The summed E-state index contributed by atoms with van der Waals surface area (Å²) in [7, 11) is 0. The molecule has 6 nitrogen and oxygen atoms in total. The lowest BCUT2D eigenvalue weighted by Crippen LogP contribution is -2.49. The lowest BCUT2D eigenvalue weighted by molar-refractivity contribution is 0.0748. The van der Waals surface area contributed by atoms with Gasteiger partial charge in [0, 0.05) is 44.0 Å². The number of anilines is 1. The molecule has 0 saturated carbocycles. The average molecular weight is 416 g/mol. The first kappa shape index (κ1) is 18.7. The zero-order chi connectivity index (χ0) is 20.5. The van der Waals surface area contributed by atoms with E-state index in [9.17, 15) is 4.79 Å². The second-order valence-corrected chi connectivity index (χ2v) is 8.33. The molecule has 150 valence electrons. The molecule has 30 heavy (non-hydrogen) atoms. The van der Waals surface area contributed by atoms with Crippen molar-refractivity contribution >= 4 is 34.1 Å². The van der Waals surface area contributed by atoms with Gasteiger partial charge in [-0.05, 0) is 42.6 Å². The van der Waals surface area contributed by atoms with Gasteiger partial charge in [-0.25, -0.2) is 15.0 Å². The molecule has 0 radical (unpaired) electrons. The molecule has 5 rings (SSSR count). The molecule has 0 bridgehead atoms. The third-order valence-corrected chi connectivity index (χ3v) is 6.26. The first-order valence-corrected chi connectivity index (χ1v) is 10.8. The molecule has 1 aliphatic heterocycles. The summed E-state index contributed by atoms with van der Waals surface area (Å²) < 4.78 is 0. The van der Waals surface area contributed by atoms with Gasteiger partial charge in [0.15, 0.2) is 0 Å². The summed E-state index contributed by atoms with van der Waals surface area (Å²) in [4.78, 5) is 32.1. The number of fused-ring (bicyclic) bond motifs is 1. The number of hydrogen-bond acceptors (Lipinski definition) is 6. The lowest BCUT2D eigenvalue weighted by atomic mass is 10.0. The number of benzene rings is 1. The van der Waals surface area contributed by atoms with Crippen LogP contribution in [0.15, 0.2) is 60.2 Å². The summed E-state index contributed by atoms with van der Waals surface area (Å²) in [6.45, 7) is 4.76. The van der Waals surface area contributed by atoms with Gasteiger partial charge >= 0.3 is 0 Å². The Morgan fingerprint density at radius 3 is 2.53 bits per heavy atom. The first-order valence-electron chi connectivity index (χ1n) is 9.95. The molecule has 7 heteroatoms. The number of carbonyl (C=O) groups excluding carboxylic acids is 1. The van der Waals surface area contributed by atoms with Crippen LogP contribution in [0, 0.1) is 6.92 Å². The van der Waals surface area contributed by atoms with Gasteiger partial charge in [0.05, 0.1) is 21.7 Å². The van der Waals surface area contributed by atoms with E-state index < -0.39 is 0 Å². The highest BCUT2D eigenvalue weighted by Gasteiger charge is 2.25. The number of piperazine rings is 1. The maximum absolute atomic E-state index is 13.5. The fourth-order valence-corrected chi connectivity index (χ4v) is 4.49. The summed E-state index contributed by atoms with van der Waals surface area (Å²) >= 11 is 1.63. The number of nitrogens with zero attached hydrogens (tertiary/aromatic N) is 5. The molecule has 4 aromatic rings. The van der Waals surface area contributed by atoms with Crippen molar-refractivity contribution in [2.24, 2.45) is 0 Å². The summed E-state index contributed by atoms with van der Waals surface area (Å²) in [6, 6.07) is 13.9. The van der Waals surface area contributed by atoms with Crippen LogP contribution in [0.25, 0.3) is 21.5 Å². The molecule has 0 aliphatic carbocycles. The van der Waals surface area contributed by atoms with Gasteiger partial charge in [0.25, 0.3) is 5.91 Å². The van der Waals surface area contributed by atoms with Crippen LogP contribution in [-0.4, -0.2) is 51.9 Å². The maximum atomic E-state index is 13.5. The average Bonchev–Trinajstić information content (AvgIpc) is 3.34. The standard InChI is InChI=1S/C23H21N5OS/c1-16-5-6-19-17(14-16)18(15-20(26-19)21-4-2-13-30-21)22(29)27-9-11-28(12-10-27)23-24-7-3-8-25-23/h2-8,13-15H,9-12H2,1H3. The van der Waals surface area contributed by atoms with Crippen LogP contribution in [0.4, 0.5) is 5.95 Å². The highest BCUT2D eigenvalue weighted by molar-refractivity contribution is 7.13. The number of aromatic nitrogens is 3. The van der Waals surface area contributed by atoms with E-state index in [1.54, 1.807) is 23.7 Å². The molecule has 0 atom stereocenters. The van der Waals surface area contributed by atoms with Crippen LogP contribution in [0.1, 0.15) is 15.9 Å². The normalized spacial score (nSPS) is 14.3. The second-order valence-electron chi connectivity index (χ2n) is 7.38. The topological polar surface area (TPSA) is 62.2 Å². The number of aryl methyl sites for hydroxylation is 1. The molecule has 1 amide bonds. The number of amides is 1. The minimum absolute atomic E-state index is 0.0550. The molecule has 1 saturated heterocycles. The van der Waals surface area contributed by atoms with Crippen molar-refractivity contribution in [1.82, 2.24) is 19.9 Å². The molecule has 4 heterocycles. The van der Waals surface area contributed by atoms with Gasteiger partial charge in [-0.15, -0.1) is 11.3 Å². The number of thiophene rings is 1. The fraction of sp³-hybridized carbons (Fsp3) is 0.217. The first-order chi connectivity index (χ1) is 14.7. The molecule has 1 fully saturated rings. The SMILES string of the molecule is Cc1ccc2nc(-c3cccs3)cc(C(=O)N3CCN(c4ncccn4)CC3)c2c1. The van der Waals surface area contributed by atoms with Crippen LogP contribution in [0.3, 0.4) is 0 Å². The smallest absolute Gasteiger partial charge is 0.254 e. The van der Waals surface area contributed by atoms with Crippen molar-refractivity contribution < 1.29 is 4.79 Å². The summed E-state index contributed by atoms with van der Waals surface area (Å²) in [5, 5.41) is 2.94. The van der Waals surface area contributed by atoms with Crippen molar-refractivity contribution in [3.63, 3.8) is 0 Å². The molecular formula is C23H21N5OS. The third kappa shape index (κ3) is 3.52. The molecule has 0 N–H and O–H groups in total. The van der Waals surface area contributed by atoms with E-state index in [4.69, 9.17) is 4.98 Å². The molecule has 1 aliphatic rings. The number of hydrogen-bond donors (Lipinski definition) is 0. The van der Waals surface area contributed by atoms with Crippen LogP contribution >= 0.6 is 11.3 Å². The molecule has 3 aromatic heterocycles. The van der Waals surface area contributed by atoms with E-state index in [2.05, 4.69) is 20.9 Å². The van der Waals surface area contributed by atoms with E-state index in [0.29, 0.717) is 13.1 Å². The van der Waals surface area contributed by atoms with Crippen LogP contribution in [-0.2, 0) is 0 Å². The van der Waals surface area contributed by atoms with E-state index in [1.165, 1.54) is 0 Å². The predicted molar refractivity (Wildman–Crippen MR) is 120 cm³/mol. The molecule has 0 spiro atoms. The summed E-state index contributed by atoms with van der Waals surface area (Å²) in [5.41, 5.74) is 3.54. The van der Waals surface area contributed by atoms with E-state index in [-0.39, 0.29) is 5.91 Å². The van der Waals surface area contributed by atoms with Gasteiger partial charge < -0.3 is 9.80 Å². The van der Waals surface area contributed by atoms with Gasteiger partial charge in [-0.2, -0.15) is 0 Å². The Labute approximate surface area is 178 Å². The summed E-state index contributed by atoms with van der Waals surface area (Å²) in [6.07, 6.45) is 3.49. The van der Waals surface area contributed by atoms with Gasteiger partial charge in [-0.3, -0.25) is 4.79 Å². The second kappa shape index (κ2) is 7.84. The van der Waals surface area contributed by atoms with E-state index in [1.807, 2.05) is 53.6 Å². The third-order valence-electron chi connectivity index (χ3n) is 5.37. The van der Waals surface area contributed by atoms with Crippen molar-refractivity contribution in [2.75, 3.05) is 31.1 Å². The maximum Gasteiger partial charge on any atom is 0.254 e. The minimum atomic E-state index is 0.0550. The quantitative estimate of drug-likeness (QED) is 0.506. The lowest BCUT2D eigenvalue weighted by Gasteiger charge is -2.34. The Morgan fingerprint density at radius 1 is 1.00 bits per heavy atom. The van der Waals surface area contributed by atoms with Crippen LogP contribution in [0.2, 0.25) is 0 Å². The largest absolute Gasteiger partial charge is 0.337 e. The minimum Gasteiger partial charge on any atom is -0.337 e. The van der Waals surface area contributed by atoms with Crippen LogP contribution < -0.4 is 4.90 Å². The Morgan fingerprint density at radius 2 is 1.80 bits per heavy atom. The van der Waals surface area contributed by atoms with Crippen molar-refractivity contribution in [1.29, 1.82) is 0 Å². The summed E-state index contributed by atoms with van der Waals surface area (Å²) in [5.74, 6) is 0.772. The van der Waals surface area contributed by atoms with Gasteiger partial charge in [-0.1, -0.05) is 17.7 Å². The Kier molecular flexibility index (Phi) is 4.88. The Hall–Kier alpha value is -3.32. The van der Waals surface area contributed by atoms with E-state index in [0.717, 1.165) is 51.6 Å². The van der Waals surface area contributed by atoms with Crippen LogP contribution in [0.5, 0.6) is 0 Å². The Balaban J connectivity index is 1.46. The highest BCUT2D eigenvalue weighted by atomic mass is 32.1. The number of rotatable bonds is 3. The number of carbonyl (C=O) groups is 1. The van der Waals surface area contributed by atoms with Crippen molar-refractivity contribution in [3.8, 4) is 10.6 Å². The number of pyridine rings is 1. The molecular weight excluding hydrogens is 394 g/mol. The van der Waals surface area contributed by atoms with E-state index >= 15 is 0 Å². The fourth-order valence-electron chi connectivity index (χ4n) is 3.80. The monoisotopic (exact) mass is 415 g/mol. The molecule has 1 aromatic carbocycles. The van der Waals surface area contributed by atoms with Gasteiger partial charge in [0.2, 0.25) is 5.95 Å². The zero-order valence-corrected chi connectivity index (χ0v) is 17.5.